The maximum Gasteiger partial charge on any atom is 0.304 e. The molecule has 0 aliphatic carbocycles. The van der Waals surface area contributed by atoms with E-state index < -0.39 is 16.0 Å². The molecule has 1 N–H and O–H groups in total. The van der Waals surface area contributed by atoms with Gasteiger partial charge in [-0.15, -0.1) is 0 Å². The lowest BCUT2D eigenvalue weighted by Gasteiger charge is -2.17. The fraction of sp³-hybridized carbons (Fsp3) is 0.462. The largest absolute Gasteiger partial charge is 0.494 e. The van der Waals surface area contributed by atoms with Gasteiger partial charge in [0.15, 0.2) is 0 Å². The standard InChI is InChI=1S/C13H19NO5S/c1-4-19-12-6-5-11(9-10(12)2)20(17,18)14(3)8-7-13(15)16/h5-6,9H,4,7-8H2,1-3H3,(H,15,16). The molecular weight excluding hydrogens is 282 g/mol. The zero-order valence-corrected chi connectivity index (χ0v) is 12.6. The number of aryl methyl sites for hydroxylation is 1. The number of sulfonamides is 1. The normalized spacial score (nSPS) is 11.6. The maximum absolute atomic E-state index is 12.3. The van der Waals surface area contributed by atoms with Gasteiger partial charge in [0.1, 0.15) is 5.75 Å². The Morgan fingerprint density at radius 3 is 2.55 bits per heavy atom. The molecule has 0 aliphatic rings. The topological polar surface area (TPSA) is 83.9 Å². The van der Waals surface area contributed by atoms with Crippen LogP contribution in [0.5, 0.6) is 5.75 Å². The third-order valence-corrected chi connectivity index (χ3v) is 4.65. The van der Waals surface area contributed by atoms with Crippen molar-refractivity contribution in [1.82, 2.24) is 4.31 Å². The fourth-order valence-corrected chi connectivity index (χ4v) is 2.91. The lowest BCUT2D eigenvalue weighted by Crippen LogP contribution is -2.29. The number of rotatable bonds is 7. The van der Waals surface area contributed by atoms with Crippen molar-refractivity contribution < 1.29 is 23.1 Å². The van der Waals surface area contributed by atoms with Crippen molar-refractivity contribution in [3.05, 3.63) is 23.8 Å². The summed E-state index contributed by atoms with van der Waals surface area (Å²) in [6, 6.07) is 4.60. The molecule has 0 saturated carbocycles. The molecule has 0 heterocycles. The van der Waals surface area contributed by atoms with Gasteiger partial charge in [-0.05, 0) is 37.6 Å². The number of carboxylic acid groups (broad SMARTS) is 1. The Kier molecular flexibility index (Phi) is 5.52. The lowest BCUT2D eigenvalue weighted by atomic mass is 10.2. The molecule has 6 nitrogen and oxygen atoms in total. The van der Waals surface area contributed by atoms with E-state index in [0.717, 1.165) is 9.87 Å². The van der Waals surface area contributed by atoms with Crippen molar-refractivity contribution >= 4 is 16.0 Å². The Morgan fingerprint density at radius 2 is 2.05 bits per heavy atom. The summed E-state index contributed by atoms with van der Waals surface area (Å²) in [6.45, 7) is 4.06. The van der Waals surface area contributed by atoms with E-state index in [1.807, 2.05) is 6.92 Å². The SMILES string of the molecule is CCOc1ccc(S(=O)(=O)N(C)CCC(=O)O)cc1C. The molecule has 7 heteroatoms. The maximum atomic E-state index is 12.3. The van der Waals surface area contributed by atoms with Gasteiger partial charge in [-0.2, -0.15) is 0 Å². The van der Waals surface area contributed by atoms with Crippen LogP contribution in [0.15, 0.2) is 23.1 Å². The monoisotopic (exact) mass is 301 g/mol. The number of hydrogen-bond acceptors (Lipinski definition) is 4. The van der Waals surface area contributed by atoms with Crippen LogP contribution in [0.3, 0.4) is 0 Å². The molecular formula is C13H19NO5S. The highest BCUT2D eigenvalue weighted by Crippen LogP contribution is 2.23. The minimum atomic E-state index is -3.67. The average molecular weight is 301 g/mol. The molecule has 1 rings (SSSR count). The zero-order chi connectivity index (χ0) is 15.3. The Labute approximate surface area is 119 Å². The third-order valence-electron chi connectivity index (χ3n) is 2.79. The van der Waals surface area contributed by atoms with E-state index in [2.05, 4.69) is 0 Å². The Balaban J connectivity index is 2.97. The van der Waals surface area contributed by atoms with Gasteiger partial charge in [0.25, 0.3) is 0 Å². The summed E-state index contributed by atoms with van der Waals surface area (Å²) in [5, 5.41) is 8.60. The van der Waals surface area contributed by atoms with Crippen LogP contribution in [0, 0.1) is 6.92 Å². The van der Waals surface area contributed by atoms with E-state index in [9.17, 15) is 13.2 Å². The highest BCUT2D eigenvalue weighted by atomic mass is 32.2. The summed E-state index contributed by atoms with van der Waals surface area (Å²) in [7, 11) is -2.31. The molecule has 1 aromatic rings. The Bertz CT molecular complexity index is 582. The van der Waals surface area contributed by atoms with Crippen LogP contribution < -0.4 is 4.74 Å². The van der Waals surface area contributed by atoms with E-state index in [-0.39, 0.29) is 17.9 Å². The first kappa shape index (κ1) is 16.5. The molecule has 0 bridgehead atoms. The number of hydrogen-bond donors (Lipinski definition) is 1. The van der Waals surface area contributed by atoms with Gasteiger partial charge < -0.3 is 9.84 Å². The van der Waals surface area contributed by atoms with Crippen LogP contribution in [0.25, 0.3) is 0 Å². The lowest BCUT2D eigenvalue weighted by molar-refractivity contribution is -0.137. The number of aliphatic carboxylic acids is 1. The van der Waals surface area contributed by atoms with E-state index in [0.29, 0.717) is 12.4 Å². The Hall–Kier alpha value is -1.60. The van der Waals surface area contributed by atoms with Crippen molar-refractivity contribution in [3.63, 3.8) is 0 Å². The fourth-order valence-electron chi connectivity index (χ4n) is 1.65. The van der Waals surface area contributed by atoms with Crippen LogP contribution in [-0.2, 0) is 14.8 Å². The molecule has 0 aliphatic heterocycles. The number of nitrogens with zero attached hydrogens (tertiary/aromatic N) is 1. The highest BCUT2D eigenvalue weighted by Gasteiger charge is 2.22. The Morgan fingerprint density at radius 1 is 1.40 bits per heavy atom. The van der Waals surface area contributed by atoms with Crippen LogP contribution in [0.4, 0.5) is 0 Å². The van der Waals surface area contributed by atoms with Crippen LogP contribution in [0.2, 0.25) is 0 Å². The van der Waals surface area contributed by atoms with Crippen molar-refractivity contribution in [2.45, 2.75) is 25.2 Å². The first-order chi connectivity index (χ1) is 9.28. The van der Waals surface area contributed by atoms with E-state index in [4.69, 9.17) is 9.84 Å². The first-order valence-electron chi connectivity index (χ1n) is 6.20. The van der Waals surface area contributed by atoms with Crippen molar-refractivity contribution in [3.8, 4) is 5.75 Å². The predicted octanol–water partition coefficient (Wildman–Crippen LogP) is 1.49. The second-order valence-corrected chi connectivity index (χ2v) is 6.38. The van der Waals surface area contributed by atoms with Crippen molar-refractivity contribution in [1.29, 1.82) is 0 Å². The van der Waals surface area contributed by atoms with Gasteiger partial charge >= 0.3 is 5.97 Å². The summed E-state index contributed by atoms with van der Waals surface area (Å²) in [4.78, 5) is 10.6. The van der Waals surface area contributed by atoms with Gasteiger partial charge in [0, 0.05) is 13.6 Å². The number of ether oxygens (including phenoxy) is 1. The van der Waals surface area contributed by atoms with E-state index in [1.54, 1.807) is 13.0 Å². The third kappa shape index (κ3) is 3.94. The van der Waals surface area contributed by atoms with Crippen LogP contribution >= 0.6 is 0 Å². The van der Waals surface area contributed by atoms with Gasteiger partial charge in [-0.1, -0.05) is 0 Å². The molecule has 1 aromatic carbocycles. The quantitative estimate of drug-likeness (QED) is 0.825. The summed E-state index contributed by atoms with van der Waals surface area (Å²) in [5.74, 6) is -0.394. The number of benzene rings is 1. The first-order valence-corrected chi connectivity index (χ1v) is 7.64. The summed E-state index contributed by atoms with van der Waals surface area (Å²) >= 11 is 0. The molecule has 112 valence electrons. The zero-order valence-electron chi connectivity index (χ0n) is 11.8. The molecule has 0 aromatic heterocycles. The number of carboxylic acids is 1. The van der Waals surface area contributed by atoms with Crippen molar-refractivity contribution in [2.75, 3.05) is 20.2 Å². The molecule has 0 spiro atoms. The van der Waals surface area contributed by atoms with Crippen molar-refractivity contribution in [2.24, 2.45) is 0 Å². The molecule has 0 fully saturated rings. The second kappa shape index (κ2) is 6.71. The van der Waals surface area contributed by atoms with E-state index >= 15 is 0 Å². The van der Waals surface area contributed by atoms with E-state index in [1.165, 1.54) is 19.2 Å². The minimum absolute atomic E-state index is 0.0655. The minimum Gasteiger partial charge on any atom is -0.494 e. The predicted molar refractivity (Wildman–Crippen MR) is 74.4 cm³/mol. The smallest absolute Gasteiger partial charge is 0.304 e. The summed E-state index contributed by atoms with van der Waals surface area (Å²) in [6.07, 6.45) is -0.230. The molecule has 0 saturated heterocycles. The highest BCUT2D eigenvalue weighted by molar-refractivity contribution is 7.89. The molecule has 0 radical (unpaired) electrons. The van der Waals surface area contributed by atoms with Crippen LogP contribution in [0.1, 0.15) is 18.9 Å². The molecule has 20 heavy (non-hydrogen) atoms. The average Bonchev–Trinajstić information content (AvgIpc) is 2.38. The van der Waals surface area contributed by atoms with Gasteiger partial charge in [0.2, 0.25) is 10.0 Å². The summed E-state index contributed by atoms with van der Waals surface area (Å²) < 4.78 is 30.9. The second-order valence-electron chi connectivity index (χ2n) is 4.33. The van der Waals surface area contributed by atoms with Gasteiger partial charge in [0.05, 0.1) is 17.9 Å². The van der Waals surface area contributed by atoms with Crippen LogP contribution in [-0.4, -0.2) is 44.0 Å². The van der Waals surface area contributed by atoms with Gasteiger partial charge in [-0.25, -0.2) is 12.7 Å². The molecule has 0 atom stereocenters. The summed E-state index contributed by atoms with van der Waals surface area (Å²) in [5.41, 5.74) is 0.722. The molecule has 0 unspecified atom stereocenters. The van der Waals surface area contributed by atoms with Gasteiger partial charge in [-0.3, -0.25) is 4.79 Å². The molecule has 0 amide bonds. The number of carbonyl (C=O) groups is 1.